The minimum absolute atomic E-state index is 0.149. The fraction of sp³-hybridized carbons (Fsp3) is 0.385. The average molecular weight is 424 g/mol. The second-order valence-corrected chi connectivity index (χ2v) is 7.74. The number of ether oxygens (including phenoxy) is 2. The first-order valence-electron chi connectivity index (χ1n) is 11.2. The van der Waals surface area contributed by atoms with Gasteiger partial charge in [-0.2, -0.15) is 0 Å². The van der Waals surface area contributed by atoms with Crippen molar-refractivity contribution in [1.82, 2.24) is 0 Å². The molecule has 0 aliphatic carbocycles. The summed E-state index contributed by atoms with van der Waals surface area (Å²) in [5.74, 6) is 0.108. The Labute approximate surface area is 183 Å². The number of rotatable bonds is 12. The number of halogens is 1. The lowest BCUT2D eigenvalue weighted by Gasteiger charge is -2.07. The smallest absolute Gasteiger partial charge is 0.363 e. The molecule has 0 atom stereocenters. The minimum Gasteiger partial charge on any atom is -0.494 e. The van der Waals surface area contributed by atoms with Crippen LogP contribution in [0.1, 0.15) is 69.4 Å². The van der Waals surface area contributed by atoms with Crippen molar-refractivity contribution in [2.75, 3.05) is 6.61 Å². The molecule has 1 heterocycles. The molecule has 1 aliphatic heterocycles. The molecule has 0 unspecified atom stereocenters. The third-order valence-corrected chi connectivity index (χ3v) is 5.14. The fourth-order valence-electron chi connectivity index (χ4n) is 3.41. The van der Waals surface area contributed by atoms with Gasteiger partial charge in [0.25, 0.3) is 0 Å². The summed E-state index contributed by atoms with van der Waals surface area (Å²) >= 11 is 0. The van der Waals surface area contributed by atoms with Crippen LogP contribution in [-0.4, -0.2) is 18.5 Å². The Morgan fingerprint density at radius 2 is 1.68 bits per heavy atom. The summed E-state index contributed by atoms with van der Waals surface area (Å²) in [5, 5.41) is 0. The standard InChI is InChI=1S/C26H30FNO3/c1-2-3-4-5-6-7-8-9-17-30-23-15-13-21(14-16-23)25-28-24(26(29)31-25)19-20-11-10-12-22(27)18-20/h10-16,18-19H,2-9,17H2,1H3. The molecule has 3 rings (SSSR count). The summed E-state index contributed by atoms with van der Waals surface area (Å²) in [6.45, 7) is 2.94. The van der Waals surface area contributed by atoms with Crippen molar-refractivity contribution in [1.29, 1.82) is 0 Å². The van der Waals surface area contributed by atoms with Crippen molar-refractivity contribution in [2.45, 2.75) is 58.3 Å². The Morgan fingerprint density at radius 1 is 0.968 bits per heavy atom. The van der Waals surface area contributed by atoms with E-state index in [9.17, 15) is 9.18 Å². The van der Waals surface area contributed by atoms with Gasteiger partial charge in [-0.15, -0.1) is 0 Å². The van der Waals surface area contributed by atoms with Gasteiger partial charge in [0.1, 0.15) is 11.6 Å². The molecule has 0 amide bonds. The summed E-state index contributed by atoms with van der Waals surface area (Å²) < 4.78 is 24.4. The average Bonchev–Trinajstić information content (AvgIpc) is 3.13. The van der Waals surface area contributed by atoms with E-state index < -0.39 is 5.97 Å². The molecule has 0 radical (unpaired) electrons. The lowest BCUT2D eigenvalue weighted by Crippen LogP contribution is -2.05. The number of unbranched alkanes of at least 4 members (excludes halogenated alkanes) is 7. The third-order valence-electron chi connectivity index (χ3n) is 5.14. The molecule has 1 aliphatic rings. The highest BCUT2D eigenvalue weighted by Crippen LogP contribution is 2.21. The van der Waals surface area contributed by atoms with E-state index in [1.165, 1.54) is 63.2 Å². The Kier molecular flexibility index (Phi) is 8.83. The first-order valence-corrected chi connectivity index (χ1v) is 11.2. The van der Waals surface area contributed by atoms with Crippen molar-refractivity contribution >= 4 is 17.9 Å². The van der Waals surface area contributed by atoms with Gasteiger partial charge in [0.05, 0.1) is 6.61 Å². The molecule has 0 saturated carbocycles. The molecular formula is C26H30FNO3. The zero-order valence-corrected chi connectivity index (χ0v) is 18.1. The Morgan fingerprint density at radius 3 is 2.39 bits per heavy atom. The highest BCUT2D eigenvalue weighted by atomic mass is 19.1. The van der Waals surface area contributed by atoms with Crippen LogP contribution < -0.4 is 4.74 Å². The van der Waals surface area contributed by atoms with Gasteiger partial charge in [0.15, 0.2) is 5.70 Å². The van der Waals surface area contributed by atoms with Gasteiger partial charge in [-0.05, 0) is 54.5 Å². The number of hydrogen-bond acceptors (Lipinski definition) is 4. The van der Waals surface area contributed by atoms with E-state index in [4.69, 9.17) is 9.47 Å². The number of hydrogen-bond donors (Lipinski definition) is 0. The van der Waals surface area contributed by atoms with Crippen molar-refractivity contribution in [2.24, 2.45) is 4.99 Å². The predicted molar refractivity (Wildman–Crippen MR) is 122 cm³/mol. The number of carbonyl (C=O) groups is 1. The number of cyclic esters (lactones) is 1. The van der Waals surface area contributed by atoms with Crippen LogP contribution in [0.2, 0.25) is 0 Å². The van der Waals surface area contributed by atoms with Crippen LogP contribution in [0.5, 0.6) is 5.75 Å². The Balaban J connectivity index is 1.46. The monoisotopic (exact) mass is 423 g/mol. The molecule has 0 bridgehead atoms. The summed E-state index contributed by atoms with van der Waals surface area (Å²) in [6.07, 6.45) is 11.6. The zero-order valence-electron chi connectivity index (χ0n) is 18.1. The van der Waals surface area contributed by atoms with Crippen molar-refractivity contribution in [3.63, 3.8) is 0 Å². The van der Waals surface area contributed by atoms with Gasteiger partial charge in [-0.3, -0.25) is 0 Å². The molecule has 0 spiro atoms. The molecule has 0 fully saturated rings. The van der Waals surface area contributed by atoms with Crippen molar-refractivity contribution in [3.8, 4) is 5.75 Å². The van der Waals surface area contributed by atoms with Gasteiger partial charge in [-0.25, -0.2) is 14.2 Å². The SMILES string of the molecule is CCCCCCCCCCOc1ccc(C2=NC(=Cc3cccc(F)c3)C(=O)O2)cc1. The predicted octanol–water partition coefficient (Wildman–Crippen LogP) is 6.69. The molecule has 0 N–H and O–H groups in total. The maximum atomic E-state index is 13.3. The molecular weight excluding hydrogens is 393 g/mol. The normalized spacial score (nSPS) is 14.6. The number of aliphatic imine (C=N–C) groups is 1. The van der Waals surface area contributed by atoms with E-state index in [1.807, 2.05) is 24.3 Å². The van der Waals surface area contributed by atoms with Gasteiger partial charge < -0.3 is 9.47 Å². The van der Waals surface area contributed by atoms with Gasteiger partial charge in [0.2, 0.25) is 5.90 Å². The van der Waals surface area contributed by atoms with Crippen LogP contribution in [0, 0.1) is 5.82 Å². The van der Waals surface area contributed by atoms with Crippen LogP contribution >= 0.6 is 0 Å². The largest absolute Gasteiger partial charge is 0.494 e. The van der Waals surface area contributed by atoms with E-state index in [-0.39, 0.29) is 17.4 Å². The third kappa shape index (κ3) is 7.35. The zero-order chi connectivity index (χ0) is 21.9. The lowest BCUT2D eigenvalue weighted by molar-refractivity contribution is -0.129. The summed E-state index contributed by atoms with van der Waals surface area (Å²) in [5.41, 5.74) is 1.40. The van der Waals surface area contributed by atoms with Gasteiger partial charge >= 0.3 is 5.97 Å². The Hall–Kier alpha value is -2.95. The van der Waals surface area contributed by atoms with E-state index in [0.717, 1.165) is 12.2 Å². The van der Waals surface area contributed by atoms with Crippen LogP contribution in [0.4, 0.5) is 4.39 Å². The highest BCUT2D eigenvalue weighted by Gasteiger charge is 2.24. The molecule has 2 aromatic rings. The van der Waals surface area contributed by atoms with Crippen LogP contribution in [-0.2, 0) is 9.53 Å². The second-order valence-electron chi connectivity index (χ2n) is 7.74. The number of benzene rings is 2. The van der Waals surface area contributed by atoms with Crippen LogP contribution in [0.25, 0.3) is 6.08 Å². The number of nitrogens with zero attached hydrogens (tertiary/aromatic N) is 1. The number of carbonyl (C=O) groups excluding carboxylic acids is 1. The summed E-state index contributed by atoms with van der Waals surface area (Å²) in [4.78, 5) is 16.4. The topological polar surface area (TPSA) is 47.9 Å². The van der Waals surface area contributed by atoms with Gasteiger partial charge in [0, 0.05) is 5.56 Å². The summed E-state index contributed by atoms with van der Waals surface area (Å²) in [6, 6.07) is 13.3. The van der Waals surface area contributed by atoms with E-state index in [0.29, 0.717) is 17.7 Å². The van der Waals surface area contributed by atoms with E-state index in [1.54, 1.807) is 12.1 Å². The molecule has 0 aromatic heterocycles. The lowest BCUT2D eigenvalue weighted by atomic mass is 10.1. The highest BCUT2D eigenvalue weighted by molar-refractivity contribution is 6.12. The molecule has 5 heteroatoms. The summed E-state index contributed by atoms with van der Waals surface area (Å²) in [7, 11) is 0. The first kappa shape index (κ1) is 22.7. The molecule has 0 saturated heterocycles. The molecule has 4 nitrogen and oxygen atoms in total. The molecule has 31 heavy (non-hydrogen) atoms. The molecule has 2 aromatic carbocycles. The van der Waals surface area contributed by atoms with Crippen LogP contribution in [0.3, 0.4) is 0 Å². The first-order chi connectivity index (χ1) is 15.2. The maximum Gasteiger partial charge on any atom is 0.363 e. The fourth-order valence-corrected chi connectivity index (χ4v) is 3.41. The molecule has 164 valence electrons. The number of esters is 1. The quantitative estimate of drug-likeness (QED) is 0.217. The van der Waals surface area contributed by atoms with E-state index in [2.05, 4.69) is 11.9 Å². The minimum atomic E-state index is -0.547. The van der Waals surface area contributed by atoms with Crippen LogP contribution in [0.15, 0.2) is 59.2 Å². The Bertz CT molecular complexity index is 919. The second kappa shape index (κ2) is 12.0. The van der Waals surface area contributed by atoms with Crippen molar-refractivity contribution in [3.05, 3.63) is 71.2 Å². The van der Waals surface area contributed by atoms with Crippen molar-refractivity contribution < 1.29 is 18.7 Å². The maximum absolute atomic E-state index is 13.3. The van der Waals surface area contributed by atoms with E-state index >= 15 is 0 Å². The van der Waals surface area contributed by atoms with Gasteiger partial charge in [-0.1, -0.05) is 64.0 Å².